The Kier molecular flexibility index (Phi) is 8.13. The minimum absolute atomic E-state index is 0.314. The molecule has 1 aliphatic heterocycles. The number of hydrogen-bond acceptors (Lipinski definition) is 6. The zero-order chi connectivity index (χ0) is 26.4. The Morgan fingerprint density at radius 1 is 0.872 bits per heavy atom. The van der Waals surface area contributed by atoms with Crippen LogP contribution in [0.4, 0.5) is 17.3 Å². The minimum atomic E-state index is -0.314. The number of aromatic nitrogens is 3. The summed E-state index contributed by atoms with van der Waals surface area (Å²) in [5.41, 5.74) is 5.92. The van der Waals surface area contributed by atoms with Crippen molar-refractivity contribution < 1.29 is 24.7 Å². The van der Waals surface area contributed by atoms with Crippen molar-refractivity contribution in [2.24, 2.45) is 0 Å². The third-order valence-electron chi connectivity index (χ3n) is 6.60. The molecule has 3 heterocycles. The van der Waals surface area contributed by atoms with Crippen molar-refractivity contribution in [3.63, 3.8) is 0 Å². The number of hydrogen-bond donors (Lipinski definition) is 2. The van der Waals surface area contributed by atoms with E-state index in [1.807, 2.05) is 59.1 Å². The van der Waals surface area contributed by atoms with Crippen molar-refractivity contribution in [1.82, 2.24) is 19.5 Å². The van der Waals surface area contributed by atoms with Gasteiger partial charge in [0.15, 0.2) is 0 Å². The van der Waals surface area contributed by atoms with Crippen LogP contribution in [-0.2, 0) is 6.54 Å². The van der Waals surface area contributed by atoms with Crippen LogP contribution in [0.25, 0.3) is 16.9 Å². The summed E-state index contributed by atoms with van der Waals surface area (Å²) in [7, 11) is 0. The summed E-state index contributed by atoms with van der Waals surface area (Å²) in [4.78, 5) is 7.18. The van der Waals surface area contributed by atoms with Gasteiger partial charge in [0.05, 0.1) is 0 Å². The molecule has 0 unspecified atom stereocenters. The third-order valence-corrected chi connectivity index (χ3v) is 8.90. The molecule has 0 atom stereocenters. The number of benzene rings is 3. The molecule has 2 N–H and O–H groups in total. The van der Waals surface area contributed by atoms with Crippen LogP contribution in [0.2, 0.25) is 5.02 Å². The van der Waals surface area contributed by atoms with Crippen molar-refractivity contribution in [3.05, 3.63) is 102 Å². The Bertz CT molecular complexity index is 1530. The zero-order valence-electron chi connectivity index (χ0n) is 21.4. The van der Waals surface area contributed by atoms with Gasteiger partial charge in [-0.25, -0.2) is 0 Å². The quantitative estimate of drug-likeness (QED) is 0.136. The molecule has 9 heteroatoms. The summed E-state index contributed by atoms with van der Waals surface area (Å²) < 4.78 is 9.00. The fraction of sp³-hybridized carbons (Fsp3) is 0.200. The summed E-state index contributed by atoms with van der Waals surface area (Å²) in [5, 5.41) is 12.3. The predicted molar refractivity (Wildman–Crippen MR) is 153 cm³/mol. The molecular formula is C30H29ClIN6O-. The molecule has 7 nitrogen and oxygen atoms in total. The van der Waals surface area contributed by atoms with Crippen LogP contribution < -0.4 is 35.3 Å². The van der Waals surface area contributed by atoms with Crippen LogP contribution in [-0.4, -0.2) is 37.1 Å². The van der Waals surface area contributed by atoms with E-state index in [-0.39, 0.29) is 21.6 Å². The number of likely N-dealkylation sites (tertiary alicyclic amines) is 1. The third kappa shape index (κ3) is 6.63. The number of anilines is 3. The summed E-state index contributed by atoms with van der Waals surface area (Å²) in [6, 6.07) is 30.3. The van der Waals surface area contributed by atoms with Gasteiger partial charge < -0.3 is 5.32 Å². The van der Waals surface area contributed by atoms with Crippen LogP contribution >= 0.6 is 11.6 Å². The molecule has 0 spiro atoms. The molecule has 1 fully saturated rings. The molecule has 3 aromatic carbocycles. The number of pyridine rings is 1. The van der Waals surface area contributed by atoms with E-state index < -0.39 is 0 Å². The average Bonchev–Trinajstić information content (AvgIpc) is 3.63. The number of halogens is 2. The molecule has 0 aliphatic carbocycles. The van der Waals surface area contributed by atoms with Crippen molar-refractivity contribution in [1.29, 1.82) is 0 Å². The van der Waals surface area contributed by atoms with Gasteiger partial charge in [-0.1, -0.05) is 23.7 Å². The van der Waals surface area contributed by atoms with E-state index in [2.05, 4.69) is 56.9 Å². The molecule has 0 bridgehead atoms. The monoisotopic (exact) mass is 651 g/mol. The summed E-state index contributed by atoms with van der Waals surface area (Å²) in [6.07, 6.45) is 2.63. The van der Waals surface area contributed by atoms with Crippen LogP contribution in [0.5, 0.6) is 5.75 Å². The van der Waals surface area contributed by atoms with Gasteiger partial charge in [-0.15, -0.1) is 0 Å². The average molecular weight is 652 g/mol. The van der Waals surface area contributed by atoms with E-state index in [4.69, 9.17) is 19.8 Å². The Morgan fingerprint density at radius 3 is 2.44 bits per heavy atom. The molecular weight excluding hydrogens is 623 g/mol. The normalized spacial score (nSPS) is 13.7. The van der Waals surface area contributed by atoms with E-state index in [1.54, 1.807) is 0 Å². The van der Waals surface area contributed by atoms with Crippen LogP contribution in [0.3, 0.4) is 0 Å². The van der Waals surface area contributed by atoms with Crippen molar-refractivity contribution in [3.8, 4) is 17.0 Å². The second-order valence-electron chi connectivity index (χ2n) is 9.46. The van der Waals surface area contributed by atoms with E-state index in [0.717, 1.165) is 49.2 Å². The maximum atomic E-state index is 6.10. The molecule has 2 aromatic heterocycles. The summed E-state index contributed by atoms with van der Waals surface area (Å²) in [5.74, 6) is 1.47. The van der Waals surface area contributed by atoms with Gasteiger partial charge in [0.25, 0.3) is 0 Å². The van der Waals surface area contributed by atoms with Gasteiger partial charge in [-0.3, -0.25) is 0 Å². The van der Waals surface area contributed by atoms with Crippen LogP contribution in [0.15, 0.2) is 91.0 Å². The zero-order valence-corrected chi connectivity index (χ0v) is 24.3. The number of rotatable bonds is 10. The summed E-state index contributed by atoms with van der Waals surface area (Å²) >= 11 is 5.79. The van der Waals surface area contributed by atoms with E-state index >= 15 is 0 Å². The first-order chi connectivity index (χ1) is 19.2. The number of alkyl halides is 1. The van der Waals surface area contributed by atoms with Crippen molar-refractivity contribution in [2.45, 2.75) is 19.4 Å². The maximum absolute atomic E-state index is 6.10. The molecule has 200 valence electrons. The second kappa shape index (κ2) is 12.2. The van der Waals surface area contributed by atoms with Crippen molar-refractivity contribution >= 4 is 34.6 Å². The van der Waals surface area contributed by atoms with E-state index in [9.17, 15) is 0 Å². The minimum Gasteiger partial charge on any atom is -0.0385 e. The first-order valence-corrected chi connectivity index (χ1v) is 15.8. The molecule has 0 amide bonds. The Hall–Kier alpha value is -3.34. The van der Waals surface area contributed by atoms with Crippen LogP contribution in [0, 0.1) is 0 Å². The second-order valence-corrected chi connectivity index (χ2v) is 11.6. The number of nitrogens with zero attached hydrogens (tertiary/aromatic N) is 4. The van der Waals surface area contributed by atoms with E-state index in [0.29, 0.717) is 12.5 Å². The smallest absolute Gasteiger partial charge is 0.0385 e. The Morgan fingerprint density at radius 2 is 1.64 bits per heavy atom. The molecule has 6 rings (SSSR count). The molecule has 1 aliphatic rings. The van der Waals surface area contributed by atoms with Gasteiger partial charge in [-0.05, 0) is 29.8 Å². The van der Waals surface area contributed by atoms with E-state index in [1.165, 1.54) is 25.9 Å². The first-order valence-electron chi connectivity index (χ1n) is 13.0. The van der Waals surface area contributed by atoms with Crippen molar-refractivity contribution in [2.75, 3.05) is 28.3 Å². The first kappa shape index (κ1) is 25.9. The molecule has 1 saturated heterocycles. The van der Waals surface area contributed by atoms with Gasteiger partial charge in [0, 0.05) is 17.3 Å². The van der Waals surface area contributed by atoms with Gasteiger partial charge >= 0.3 is 169 Å². The number of fused-ring (bicyclic) bond motifs is 1. The topological polar surface area (TPSA) is 66.7 Å². The van der Waals surface area contributed by atoms with Crippen LogP contribution in [0.1, 0.15) is 18.4 Å². The molecule has 0 saturated carbocycles. The van der Waals surface area contributed by atoms with Gasteiger partial charge in [0.2, 0.25) is 0 Å². The number of nitrogens with one attached hydrogen (secondary N) is 2. The molecule has 0 radical (unpaired) electrons. The SMILES string of the molecule is Clc1cccc(CNc2ccc(-c3cccc4nc(Nc5ccc(O[I-]CN6CCCC6)cc5)nn34)cc2)c1. The summed E-state index contributed by atoms with van der Waals surface area (Å²) in [6.45, 7) is 3.14. The van der Waals surface area contributed by atoms with Gasteiger partial charge in [0.1, 0.15) is 0 Å². The molecule has 39 heavy (non-hydrogen) atoms. The fourth-order valence-electron chi connectivity index (χ4n) is 4.56. The predicted octanol–water partition coefficient (Wildman–Crippen LogP) is 3.84. The Balaban J connectivity index is 1.10. The Labute approximate surface area is 244 Å². The standard InChI is InChI=1S/C30H29ClIN6O/c31-24-6-3-5-22(19-24)20-33-25-11-9-23(10-12-25)28-7-4-8-29-35-30(36-38(28)29)34-26-13-15-27(16-14-26)39-32-21-37-17-1-2-18-37/h3-16,19,33H,1-2,17-18,20-21H2,(H,34,36)/q-1. The molecule has 5 aromatic rings. The van der Waals surface area contributed by atoms with Gasteiger partial charge in [-0.2, -0.15) is 0 Å². The fourth-order valence-corrected chi connectivity index (χ4v) is 6.65.